The fraction of sp³-hybridized carbons (Fsp3) is 0.667. The molecule has 1 heterocycles. The average Bonchev–Trinajstić information content (AvgIpc) is 2.66. The van der Waals surface area contributed by atoms with Gasteiger partial charge in [-0.25, -0.2) is 0 Å². The Balaban J connectivity index is 2.27. The third-order valence-corrected chi connectivity index (χ3v) is 2.71. The van der Waals surface area contributed by atoms with E-state index in [2.05, 4.69) is 10.5 Å². The van der Waals surface area contributed by atoms with E-state index in [0.717, 1.165) is 30.7 Å². The monoisotopic (exact) mass is 224 g/mol. The zero-order valence-electron chi connectivity index (χ0n) is 10.2. The molecule has 1 N–H and O–H groups in total. The van der Waals surface area contributed by atoms with E-state index in [0.29, 0.717) is 6.54 Å². The number of hydrogen-bond acceptors (Lipinski definition) is 3. The van der Waals surface area contributed by atoms with E-state index in [-0.39, 0.29) is 11.8 Å². The predicted octanol–water partition coefficient (Wildman–Crippen LogP) is 2.08. The van der Waals surface area contributed by atoms with Crippen molar-refractivity contribution in [3.05, 3.63) is 17.5 Å². The van der Waals surface area contributed by atoms with E-state index in [1.165, 1.54) is 0 Å². The molecule has 0 atom stereocenters. The molecule has 16 heavy (non-hydrogen) atoms. The Kier molecular flexibility index (Phi) is 5.02. The molecule has 4 heteroatoms. The summed E-state index contributed by atoms with van der Waals surface area (Å²) in [5.41, 5.74) is 0.891. The lowest BCUT2D eigenvalue weighted by Gasteiger charge is -2.11. The van der Waals surface area contributed by atoms with Gasteiger partial charge in [-0.15, -0.1) is 0 Å². The summed E-state index contributed by atoms with van der Waals surface area (Å²) in [4.78, 5) is 11.6. The summed E-state index contributed by atoms with van der Waals surface area (Å²) in [7, 11) is 0. The fourth-order valence-corrected chi connectivity index (χ4v) is 1.65. The van der Waals surface area contributed by atoms with E-state index in [4.69, 9.17) is 4.52 Å². The van der Waals surface area contributed by atoms with Crippen LogP contribution in [0.4, 0.5) is 0 Å². The standard InChI is InChI=1S/C12H20N2O2/c1-4-10(5-2)12(15)13-7-6-11-8-9(3)16-14-11/h8,10H,4-7H2,1-3H3,(H,13,15). The van der Waals surface area contributed by atoms with Gasteiger partial charge in [0.15, 0.2) is 0 Å². The van der Waals surface area contributed by atoms with E-state index < -0.39 is 0 Å². The summed E-state index contributed by atoms with van der Waals surface area (Å²) in [5, 5.41) is 6.79. The summed E-state index contributed by atoms with van der Waals surface area (Å²) in [5.74, 6) is 1.09. The Morgan fingerprint density at radius 1 is 1.50 bits per heavy atom. The van der Waals surface area contributed by atoms with Crippen molar-refractivity contribution < 1.29 is 9.32 Å². The normalized spacial score (nSPS) is 10.8. The van der Waals surface area contributed by atoms with Crippen LogP contribution in [0.2, 0.25) is 0 Å². The van der Waals surface area contributed by atoms with Gasteiger partial charge >= 0.3 is 0 Å². The maximum atomic E-state index is 11.6. The maximum absolute atomic E-state index is 11.6. The maximum Gasteiger partial charge on any atom is 0.223 e. The molecule has 1 aromatic rings. The highest BCUT2D eigenvalue weighted by atomic mass is 16.5. The van der Waals surface area contributed by atoms with Crippen LogP contribution in [-0.4, -0.2) is 17.6 Å². The summed E-state index contributed by atoms with van der Waals surface area (Å²) < 4.78 is 4.95. The average molecular weight is 224 g/mol. The molecular weight excluding hydrogens is 204 g/mol. The quantitative estimate of drug-likeness (QED) is 0.804. The smallest absolute Gasteiger partial charge is 0.223 e. The van der Waals surface area contributed by atoms with Gasteiger partial charge in [0.05, 0.1) is 5.69 Å². The summed E-state index contributed by atoms with van der Waals surface area (Å²) in [6.45, 7) is 6.56. The zero-order valence-corrected chi connectivity index (χ0v) is 10.2. The molecule has 0 saturated carbocycles. The van der Waals surface area contributed by atoms with Crippen molar-refractivity contribution in [2.45, 2.75) is 40.0 Å². The number of carbonyl (C=O) groups excluding carboxylic acids is 1. The topological polar surface area (TPSA) is 55.1 Å². The minimum Gasteiger partial charge on any atom is -0.361 e. The van der Waals surface area contributed by atoms with Crippen molar-refractivity contribution >= 4 is 5.91 Å². The lowest BCUT2D eigenvalue weighted by Crippen LogP contribution is -2.31. The van der Waals surface area contributed by atoms with Gasteiger partial charge in [0.25, 0.3) is 0 Å². The van der Waals surface area contributed by atoms with Crippen LogP contribution in [0, 0.1) is 12.8 Å². The van der Waals surface area contributed by atoms with E-state index in [1.54, 1.807) is 0 Å². The Labute approximate surface area is 96.4 Å². The molecule has 0 unspecified atom stereocenters. The Morgan fingerprint density at radius 3 is 2.69 bits per heavy atom. The van der Waals surface area contributed by atoms with Gasteiger partial charge in [0, 0.05) is 24.9 Å². The first-order chi connectivity index (χ1) is 7.67. The first kappa shape index (κ1) is 12.7. The second kappa shape index (κ2) is 6.30. The Hall–Kier alpha value is -1.32. The van der Waals surface area contributed by atoms with Gasteiger partial charge in [-0.1, -0.05) is 19.0 Å². The molecule has 0 aliphatic rings. The molecule has 1 rings (SSSR count). The molecule has 4 nitrogen and oxygen atoms in total. The molecule has 0 spiro atoms. The van der Waals surface area contributed by atoms with Crippen LogP contribution < -0.4 is 5.32 Å². The third-order valence-electron chi connectivity index (χ3n) is 2.71. The highest BCUT2D eigenvalue weighted by Gasteiger charge is 2.13. The number of aryl methyl sites for hydroxylation is 1. The summed E-state index contributed by atoms with van der Waals surface area (Å²) in [6, 6.07) is 1.89. The SMILES string of the molecule is CCC(CC)C(=O)NCCc1cc(C)on1. The molecule has 1 aromatic heterocycles. The van der Waals surface area contributed by atoms with Crippen molar-refractivity contribution in [3.63, 3.8) is 0 Å². The number of hydrogen-bond donors (Lipinski definition) is 1. The molecular formula is C12H20N2O2. The fourth-order valence-electron chi connectivity index (χ4n) is 1.65. The molecule has 0 bridgehead atoms. The first-order valence-corrected chi connectivity index (χ1v) is 5.87. The molecule has 0 radical (unpaired) electrons. The number of nitrogens with one attached hydrogen (secondary N) is 1. The van der Waals surface area contributed by atoms with Crippen LogP contribution in [0.25, 0.3) is 0 Å². The van der Waals surface area contributed by atoms with Gasteiger partial charge < -0.3 is 9.84 Å². The molecule has 90 valence electrons. The summed E-state index contributed by atoms with van der Waals surface area (Å²) >= 11 is 0. The van der Waals surface area contributed by atoms with Crippen LogP contribution >= 0.6 is 0 Å². The van der Waals surface area contributed by atoms with E-state index in [9.17, 15) is 4.79 Å². The summed E-state index contributed by atoms with van der Waals surface area (Å²) in [6.07, 6.45) is 2.51. The molecule has 0 fully saturated rings. The molecule has 0 aliphatic carbocycles. The van der Waals surface area contributed by atoms with E-state index in [1.807, 2.05) is 26.8 Å². The molecule has 0 aromatic carbocycles. The molecule has 0 aliphatic heterocycles. The lowest BCUT2D eigenvalue weighted by atomic mass is 10.0. The van der Waals surface area contributed by atoms with Crippen molar-refractivity contribution in [2.75, 3.05) is 6.54 Å². The first-order valence-electron chi connectivity index (χ1n) is 5.87. The van der Waals surface area contributed by atoms with Crippen LogP contribution in [0.15, 0.2) is 10.6 Å². The highest BCUT2D eigenvalue weighted by Crippen LogP contribution is 2.07. The second-order valence-corrected chi connectivity index (χ2v) is 3.98. The van der Waals surface area contributed by atoms with Gasteiger partial charge in [-0.3, -0.25) is 4.79 Å². The van der Waals surface area contributed by atoms with Gasteiger partial charge in [-0.05, 0) is 19.8 Å². The number of carbonyl (C=O) groups is 1. The van der Waals surface area contributed by atoms with Gasteiger partial charge in [0.2, 0.25) is 5.91 Å². The highest BCUT2D eigenvalue weighted by molar-refractivity contribution is 5.78. The van der Waals surface area contributed by atoms with Crippen molar-refractivity contribution in [1.29, 1.82) is 0 Å². The predicted molar refractivity (Wildman–Crippen MR) is 62.0 cm³/mol. The molecule has 1 amide bonds. The third kappa shape index (κ3) is 3.68. The van der Waals surface area contributed by atoms with Crippen molar-refractivity contribution in [2.24, 2.45) is 5.92 Å². The number of aromatic nitrogens is 1. The van der Waals surface area contributed by atoms with E-state index >= 15 is 0 Å². The zero-order chi connectivity index (χ0) is 12.0. The number of amides is 1. The minimum absolute atomic E-state index is 0.138. The second-order valence-electron chi connectivity index (χ2n) is 3.98. The van der Waals surface area contributed by atoms with Crippen LogP contribution in [0.1, 0.15) is 38.1 Å². The number of nitrogens with zero attached hydrogens (tertiary/aromatic N) is 1. The van der Waals surface area contributed by atoms with Crippen LogP contribution in [0.5, 0.6) is 0 Å². The minimum atomic E-state index is 0.138. The van der Waals surface area contributed by atoms with Crippen molar-refractivity contribution in [1.82, 2.24) is 10.5 Å². The Bertz CT molecular complexity index is 330. The number of rotatable bonds is 6. The Morgan fingerprint density at radius 2 is 2.19 bits per heavy atom. The molecule has 0 saturated heterocycles. The van der Waals surface area contributed by atoms with Crippen LogP contribution in [0.3, 0.4) is 0 Å². The van der Waals surface area contributed by atoms with Crippen molar-refractivity contribution in [3.8, 4) is 0 Å². The largest absolute Gasteiger partial charge is 0.361 e. The van der Waals surface area contributed by atoms with Gasteiger partial charge in [-0.2, -0.15) is 0 Å². The lowest BCUT2D eigenvalue weighted by molar-refractivity contribution is -0.125. The van der Waals surface area contributed by atoms with Gasteiger partial charge in [0.1, 0.15) is 5.76 Å². The van der Waals surface area contributed by atoms with Crippen LogP contribution in [-0.2, 0) is 11.2 Å².